The number of carbonyl (C=O) groups excluding carboxylic acids is 1. The molecule has 1 heterocycles. The van der Waals surface area contributed by atoms with E-state index in [1.165, 1.54) is 0 Å². The maximum absolute atomic E-state index is 12.1. The average molecular weight is 371 g/mol. The molecule has 2 N–H and O–H groups in total. The molecule has 0 radical (unpaired) electrons. The van der Waals surface area contributed by atoms with Crippen LogP contribution in [0.4, 0.5) is 0 Å². The summed E-state index contributed by atoms with van der Waals surface area (Å²) in [5.74, 6) is -0.265. The minimum Gasteiger partial charge on any atom is -0.395 e. The third-order valence-corrected chi connectivity index (χ3v) is 4.18. The Kier molecular flexibility index (Phi) is 5.81. The molecule has 0 fully saturated rings. The quantitative estimate of drug-likeness (QED) is 0.688. The van der Waals surface area contributed by atoms with Gasteiger partial charge in [-0.25, -0.2) is 0 Å². The third-order valence-electron chi connectivity index (χ3n) is 4.18. The molecule has 0 aliphatic rings. The van der Waals surface area contributed by atoms with Gasteiger partial charge in [-0.1, -0.05) is 24.3 Å². The van der Waals surface area contributed by atoms with Crippen LogP contribution in [0.5, 0.6) is 0 Å². The molecule has 0 aliphatic heterocycles. The van der Waals surface area contributed by atoms with Crippen LogP contribution in [0.1, 0.15) is 11.1 Å². The lowest BCUT2D eigenvalue weighted by Gasteiger charge is -2.11. The molecular weight excluding hydrogens is 354 g/mol. The fraction of sp³-hybridized carbons (Fsp3) is 0.143. The van der Waals surface area contributed by atoms with Crippen LogP contribution in [0.3, 0.4) is 0 Å². The number of hydrogen-bond donors (Lipinski definition) is 2. The molecule has 1 aromatic heterocycles. The molecule has 7 heteroatoms. The van der Waals surface area contributed by atoms with Crippen LogP contribution >= 0.6 is 0 Å². The van der Waals surface area contributed by atoms with E-state index in [0.717, 1.165) is 22.4 Å². The Bertz CT molecular complexity index is 1050. The van der Waals surface area contributed by atoms with E-state index >= 15 is 0 Å². The van der Waals surface area contributed by atoms with Gasteiger partial charge in [0.15, 0.2) is 0 Å². The summed E-state index contributed by atoms with van der Waals surface area (Å²) in [6, 6.07) is 18.3. The first kappa shape index (κ1) is 18.8. The molecular formula is C21H17N5O2. The first-order valence-corrected chi connectivity index (χ1v) is 8.60. The summed E-state index contributed by atoms with van der Waals surface area (Å²) in [6.45, 7) is 0.0320. The monoisotopic (exact) mass is 371 g/mol. The van der Waals surface area contributed by atoms with Crippen molar-refractivity contribution in [2.45, 2.75) is 6.54 Å². The molecule has 2 aromatic carbocycles. The van der Waals surface area contributed by atoms with Crippen molar-refractivity contribution < 1.29 is 9.90 Å². The highest BCUT2D eigenvalue weighted by atomic mass is 16.3. The van der Waals surface area contributed by atoms with Crippen LogP contribution in [0.15, 0.2) is 54.7 Å². The summed E-state index contributed by atoms with van der Waals surface area (Å²) >= 11 is 0. The van der Waals surface area contributed by atoms with Crippen LogP contribution in [0.2, 0.25) is 0 Å². The van der Waals surface area contributed by atoms with E-state index in [-0.39, 0.29) is 25.6 Å². The number of amides is 1. The van der Waals surface area contributed by atoms with Gasteiger partial charge in [-0.05, 0) is 29.8 Å². The van der Waals surface area contributed by atoms with Crippen LogP contribution in [0.25, 0.3) is 22.4 Å². The van der Waals surface area contributed by atoms with E-state index in [2.05, 4.69) is 22.6 Å². The highest BCUT2D eigenvalue weighted by molar-refractivity contribution is 5.83. The number of aliphatic hydroxyl groups excluding tert-OH is 1. The number of rotatable bonds is 6. The molecule has 0 spiro atoms. The SMILES string of the molecule is N#Cc1ccc(-c2cnn(CC(=O)NCCO)c2-c2ccc(C#N)cc2)cc1. The van der Waals surface area contributed by atoms with Crippen molar-refractivity contribution in [1.29, 1.82) is 10.5 Å². The Hall–Kier alpha value is -3.94. The van der Waals surface area contributed by atoms with E-state index in [9.17, 15) is 4.79 Å². The van der Waals surface area contributed by atoms with Gasteiger partial charge in [-0.2, -0.15) is 15.6 Å². The standard InChI is InChI=1S/C21H17N5O2/c22-11-15-1-5-17(6-2-15)19-13-25-26(14-20(28)24-9-10-27)21(19)18-7-3-16(12-23)4-8-18/h1-8,13,27H,9-10,14H2,(H,24,28). The number of benzene rings is 2. The smallest absolute Gasteiger partial charge is 0.241 e. The predicted molar refractivity (Wildman–Crippen MR) is 103 cm³/mol. The zero-order valence-corrected chi connectivity index (χ0v) is 15.0. The molecule has 0 saturated heterocycles. The Morgan fingerprint density at radius 3 is 2.11 bits per heavy atom. The summed E-state index contributed by atoms with van der Waals surface area (Å²) in [5.41, 5.74) is 4.30. The van der Waals surface area contributed by atoms with Crippen molar-refractivity contribution >= 4 is 5.91 Å². The second kappa shape index (κ2) is 8.63. The number of aromatic nitrogens is 2. The van der Waals surface area contributed by atoms with Gasteiger partial charge in [0, 0.05) is 17.7 Å². The van der Waals surface area contributed by atoms with Crippen LogP contribution < -0.4 is 5.32 Å². The normalized spacial score (nSPS) is 10.1. The van der Waals surface area contributed by atoms with E-state index in [0.29, 0.717) is 11.1 Å². The Morgan fingerprint density at radius 1 is 1.00 bits per heavy atom. The lowest BCUT2D eigenvalue weighted by atomic mass is 10.00. The van der Waals surface area contributed by atoms with Crippen molar-refractivity contribution in [2.75, 3.05) is 13.2 Å². The lowest BCUT2D eigenvalue weighted by Crippen LogP contribution is -2.30. The molecule has 3 rings (SSSR count). The topological polar surface area (TPSA) is 115 Å². The summed E-state index contributed by atoms with van der Waals surface area (Å²) in [4.78, 5) is 12.1. The average Bonchev–Trinajstić information content (AvgIpc) is 3.15. The van der Waals surface area contributed by atoms with E-state index in [4.69, 9.17) is 15.6 Å². The zero-order chi connectivity index (χ0) is 19.9. The Balaban J connectivity index is 2.05. The first-order valence-electron chi connectivity index (χ1n) is 8.60. The zero-order valence-electron chi connectivity index (χ0n) is 15.0. The largest absolute Gasteiger partial charge is 0.395 e. The highest BCUT2D eigenvalue weighted by Crippen LogP contribution is 2.32. The van der Waals surface area contributed by atoms with Crippen molar-refractivity contribution in [1.82, 2.24) is 15.1 Å². The number of nitrogens with one attached hydrogen (secondary N) is 1. The van der Waals surface area contributed by atoms with E-state index < -0.39 is 0 Å². The van der Waals surface area contributed by atoms with Gasteiger partial charge in [0.2, 0.25) is 5.91 Å². The summed E-state index contributed by atoms with van der Waals surface area (Å²) in [6.07, 6.45) is 1.67. The molecule has 28 heavy (non-hydrogen) atoms. The van der Waals surface area contributed by atoms with Gasteiger partial charge in [-0.3, -0.25) is 9.48 Å². The van der Waals surface area contributed by atoms with Crippen molar-refractivity contribution in [3.8, 4) is 34.5 Å². The Morgan fingerprint density at radius 2 is 1.57 bits per heavy atom. The molecule has 3 aromatic rings. The van der Waals surface area contributed by atoms with Gasteiger partial charge >= 0.3 is 0 Å². The van der Waals surface area contributed by atoms with Crippen molar-refractivity contribution in [3.05, 3.63) is 65.9 Å². The second-order valence-electron chi connectivity index (χ2n) is 6.02. The summed E-state index contributed by atoms with van der Waals surface area (Å²) in [7, 11) is 0. The van der Waals surface area contributed by atoms with Gasteiger partial charge in [0.05, 0.1) is 41.8 Å². The molecule has 0 atom stereocenters. The molecule has 0 unspecified atom stereocenters. The second-order valence-corrected chi connectivity index (χ2v) is 6.02. The molecule has 0 bridgehead atoms. The Labute approximate surface area is 162 Å². The third kappa shape index (κ3) is 4.07. The molecule has 138 valence electrons. The predicted octanol–water partition coefficient (Wildman–Crippen LogP) is 2.07. The fourth-order valence-corrected chi connectivity index (χ4v) is 2.84. The maximum Gasteiger partial charge on any atom is 0.241 e. The molecule has 0 aliphatic carbocycles. The maximum atomic E-state index is 12.1. The minimum absolute atomic E-state index is 0.00832. The van der Waals surface area contributed by atoms with Crippen LogP contribution in [-0.4, -0.2) is 33.9 Å². The summed E-state index contributed by atoms with van der Waals surface area (Å²) in [5, 5.41) is 33.9. The minimum atomic E-state index is -0.265. The number of aliphatic hydroxyl groups is 1. The number of nitriles is 2. The number of nitrogens with zero attached hydrogens (tertiary/aromatic N) is 4. The lowest BCUT2D eigenvalue weighted by molar-refractivity contribution is -0.121. The number of hydrogen-bond acceptors (Lipinski definition) is 5. The highest BCUT2D eigenvalue weighted by Gasteiger charge is 2.17. The van der Waals surface area contributed by atoms with Gasteiger partial charge in [0.1, 0.15) is 6.54 Å². The van der Waals surface area contributed by atoms with Gasteiger partial charge < -0.3 is 10.4 Å². The summed E-state index contributed by atoms with van der Waals surface area (Å²) < 4.78 is 1.58. The number of carbonyl (C=O) groups is 1. The molecule has 7 nitrogen and oxygen atoms in total. The molecule has 0 saturated carbocycles. The van der Waals surface area contributed by atoms with E-state index in [1.807, 2.05) is 24.3 Å². The first-order chi connectivity index (χ1) is 13.7. The van der Waals surface area contributed by atoms with Crippen LogP contribution in [-0.2, 0) is 11.3 Å². The van der Waals surface area contributed by atoms with Gasteiger partial charge in [0.25, 0.3) is 0 Å². The fourth-order valence-electron chi connectivity index (χ4n) is 2.84. The molecule has 1 amide bonds. The van der Waals surface area contributed by atoms with Gasteiger partial charge in [-0.15, -0.1) is 0 Å². The van der Waals surface area contributed by atoms with Crippen molar-refractivity contribution in [3.63, 3.8) is 0 Å². The van der Waals surface area contributed by atoms with Crippen LogP contribution in [0, 0.1) is 22.7 Å². The van der Waals surface area contributed by atoms with Crippen molar-refractivity contribution in [2.24, 2.45) is 0 Å². The van der Waals surface area contributed by atoms with E-state index in [1.54, 1.807) is 35.1 Å².